The Morgan fingerprint density at radius 3 is 2.43 bits per heavy atom. The molecule has 80 valence electrons. The molecule has 0 radical (unpaired) electrons. The smallest absolute Gasteiger partial charge is 0.0540 e. The van der Waals surface area contributed by atoms with Crippen LogP contribution in [0.3, 0.4) is 0 Å². The highest BCUT2D eigenvalue weighted by Crippen LogP contribution is 2.23. The van der Waals surface area contributed by atoms with Gasteiger partial charge in [-0.2, -0.15) is 0 Å². The molecule has 2 nitrogen and oxygen atoms in total. The van der Waals surface area contributed by atoms with Gasteiger partial charge in [-0.25, -0.2) is 0 Å². The Morgan fingerprint density at radius 1 is 1.29 bits per heavy atom. The summed E-state index contributed by atoms with van der Waals surface area (Å²) in [5, 5.41) is 2.19. The first-order valence-electron chi connectivity index (χ1n) is 5.09. The van der Waals surface area contributed by atoms with E-state index in [-0.39, 0.29) is 12.1 Å². The van der Waals surface area contributed by atoms with Gasteiger partial charge in [0.15, 0.2) is 0 Å². The van der Waals surface area contributed by atoms with Crippen LogP contribution in [0.1, 0.15) is 37.3 Å². The van der Waals surface area contributed by atoms with Crippen molar-refractivity contribution in [3.8, 4) is 0 Å². The third-order valence-electron chi connectivity index (χ3n) is 2.21. The fraction of sp³-hybridized carbons (Fsp3) is 0.636. The fourth-order valence-electron chi connectivity index (χ4n) is 1.41. The molecule has 0 fully saturated rings. The largest absolute Gasteiger partial charge is 0.326 e. The van der Waals surface area contributed by atoms with Crippen molar-refractivity contribution in [2.45, 2.75) is 39.3 Å². The minimum absolute atomic E-state index is 0.0130. The molecule has 0 aliphatic heterocycles. The van der Waals surface area contributed by atoms with Gasteiger partial charge in [0, 0.05) is 10.9 Å². The first kappa shape index (κ1) is 11.7. The maximum absolute atomic E-state index is 5.97. The van der Waals surface area contributed by atoms with Crippen molar-refractivity contribution in [3.05, 3.63) is 21.9 Å². The van der Waals surface area contributed by atoms with Crippen molar-refractivity contribution in [3.63, 3.8) is 0 Å². The molecule has 2 atom stereocenters. The number of hydrogen-bond donors (Lipinski definition) is 2. The minimum atomic E-state index is -0.0130. The summed E-state index contributed by atoms with van der Waals surface area (Å²) in [6.45, 7) is 6.40. The Labute approximate surface area is 90.3 Å². The lowest BCUT2D eigenvalue weighted by atomic mass is 10.0. The summed E-state index contributed by atoms with van der Waals surface area (Å²) < 4.78 is 0. The van der Waals surface area contributed by atoms with E-state index in [1.807, 2.05) is 6.92 Å². The quantitative estimate of drug-likeness (QED) is 0.804. The summed E-state index contributed by atoms with van der Waals surface area (Å²) in [5.41, 5.74) is 13.1. The van der Waals surface area contributed by atoms with E-state index in [2.05, 4.69) is 25.3 Å². The molecule has 1 aromatic rings. The number of rotatable bonds is 4. The fourth-order valence-corrected chi connectivity index (χ4v) is 2.45. The lowest BCUT2D eigenvalue weighted by molar-refractivity contribution is 0.596. The highest BCUT2D eigenvalue weighted by Gasteiger charge is 2.13. The second kappa shape index (κ2) is 4.91. The third kappa shape index (κ3) is 3.08. The van der Waals surface area contributed by atoms with Crippen LogP contribution in [0.5, 0.6) is 0 Å². The second-order valence-electron chi connectivity index (χ2n) is 4.34. The average Bonchev–Trinajstić information content (AvgIpc) is 2.50. The molecule has 0 spiro atoms. The van der Waals surface area contributed by atoms with Crippen LogP contribution in [0.25, 0.3) is 0 Å². The highest BCUT2D eigenvalue weighted by atomic mass is 32.1. The summed E-state index contributed by atoms with van der Waals surface area (Å²) >= 11 is 1.72. The first-order valence-corrected chi connectivity index (χ1v) is 5.97. The standard InChI is InChI=1S/C11H20N2S/c1-7(2)4-9-5-10(14-6-9)11(13)8(3)12/h5-8,11H,4,12-13H2,1-3H3. The predicted molar refractivity (Wildman–Crippen MR) is 63.4 cm³/mol. The Kier molecular flexibility index (Phi) is 4.11. The molecule has 1 heterocycles. The van der Waals surface area contributed by atoms with Gasteiger partial charge in [0.1, 0.15) is 0 Å². The molecule has 1 rings (SSSR count). The summed E-state index contributed by atoms with van der Waals surface area (Å²) in [7, 11) is 0. The Balaban J connectivity index is 2.67. The summed E-state index contributed by atoms with van der Waals surface area (Å²) in [6, 6.07) is 2.21. The Hall–Kier alpha value is -0.380. The summed E-state index contributed by atoms with van der Waals surface area (Å²) in [4.78, 5) is 1.20. The molecule has 0 amide bonds. The van der Waals surface area contributed by atoms with E-state index < -0.39 is 0 Å². The SMILES string of the molecule is CC(C)Cc1csc(C(N)C(C)N)c1. The normalized spacial score (nSPS) is 15.9. The summed E-state index contributed by atoms with van der Waals surface area (Å²) in [6.07, 6.45) is 1.13. The molecular formula is C11H20N2S. The second-order valence-corrected chi connectivity index (χ2v) is 5.28. The molecule has 1 aromatic heterocycles. The molecule has 0 saturated heterocycles. The maximum Gasteiger partial charge on any atom is 0.0540 e. The van der Waals surface area contributed by atoms with Crippen LogP contribution in [0.2, 0.25) is 0 Å². The molecule has 0 aliphatic carbocycles. The first-order chi connectivity index (χ1) is 6.50. The van der Waals surface area contributed by atoms with E-state index in [1.165, 1.54) is 10.4 Å². The van der Waals surface area contributed by atoms with Crippen LogP contribution in [0.15, 0.2) is 11.4 Å². The van der Waals surface area contributed by atoms with Crippen LogP contribution in [0.4, 0.5) is 0 Å². The molecule has 0 saturated carbocycles. The van der Waals surface area contributed by atoms with Crippen molar-refractivity contribution in [2.75, 3.05) is 0 Å². The van der Waals surface area contributed by atoms with E-state index in [1.54, 1.807) is 11.3 Å². The van der Waals surface area contributed by atoms with Crippen molar-refractivity contribution < 1.29 is 0 Å². The molecule has 0 bridgehead atoms. The molecule has 3 heteroatoms. The van der Waals surface area contributed by atoms with Gasteiger partial charge in [0.25, 0.3) is 0 Å². The third-order valence-corrected chi connectivity index (χ3v) is 3.30. The van der Waals surface area contributed by atoms with E-state index in [9.17, 15) is 0 Å². The van der Waals surface area contributed by atoms with Crippen molar-refractivity contribution in [1.29, 1.82) is 0 Å². The Bertz CT molecular complexity index is 279. The summed E-state index contributed by atoms with van der Waals surface area (Å²) in [5.74, 6) is 0.698. The Morgan fingerprint density at radius 2 is 1.93 bits per heavy atom. The lowest BCUT2D eigenvalue weighted by Gasteiger charge is -2.12. The van der Waals surface area contributed by atoms with Gasteiger partial charge in [-0.1, -0.05) is 13.8 Å². The van der Waals surface area contributed by atoms with Crippen molar-refractivity contribution in [1.82, 2.24) is 0 Å². The van der Waals surface area contributed by atoms with Crippen molar-refractivity contribution in [2.24, 2.45) is 17.4 Å². The van der Waals surface area contributed by atoms with Gasteiger partial charge < -0.3 is 11.5 Å². The minimum Gasteiger partial charge on any atom is -0.326 e. The van der Waals surface area contributed by atoms with Gasteiger partial charge in [-0.3, -0.25) is 0 Å². The molecule has 14 heavy (non-hydrogen) atoms. The van der Waals surface area contributed by atoms with E-state index >= 15 is 0 Å². The highest BCUT2D eigenvalue weighted by molar-refractivity contribution is 7.10. The van der Waals surface area contributed by atoms with Gasteiger partial charge in [0.2, 0.25) is 0 Å². The van der Waals surface area contributed by atoms with Crippen LogP contribution < -0.4 is 11.5 Å². The van der Waals surface area contributed by atoms with E-state index in [4.69, 9.17) is 11.5 Å². The zero-order chi connectivity index (χ0) is 10.7. The van der Waals surface area contributed by atoms with Gasteiger partial charge in [0.05, 0.1) is 6.04 Å². The van der Waals surface area contributed by atoms with Crippen LogP contribution >= 0.6 is 11.3 Å². The van der Waals surface area contributed by atoms with Gasteiger partial charge in [-0.15, -0.1) is 11.3 Å². The molecular weight excluding hydrogens is 192 g/mol. The zero-order valence-corrected chi connectivity index (χ0v) is 9.97. The van der Waals surface area contributed by atoms with Crippen LogP contribution in [-0.2, 0) is 6.42 Å². The van der Waals surface area contributed by atoms with E-state index in [0.29, 0.717) is 5.92 Å². The monoisotopic (exact) mass is 212 g/mol. The molecule has 2 unspecified atom stereocenters. The number of thiophene rings is 1. The van der Waals surface area contributed by atoms with E-state index in [0.717, 1.165) is 6.42 Å². The molecule has 0 aliphatic rings. The van der Waals surface area contributed by atoms with Crippen molar-refractivity contribution >= 4 is 11.3 Å². The lowest BCUT2D eigenvalue weighted by Crippen LogP contribution is -2.30. The topological polar surface area (TPSA) is 52.0 Å². The molecule has 0 aromatic carbocycles. The number of hydrogen-bond acceptors (Lipinski definition) is 3. The maximum atomic E-state index is 5.97. The van der Waals surface area contributed by atoms with Crippen LogP contribution in [0, 0.1) is 5.92 Å². The average molecular weight is 212 g/mol. The predicted octanol–water partition coefficient (Wildman–Crippen LogP) is 2.29. The molecule has 4 N–H and O–H groups in total. The van der Waals surface area contributed by atoms with Crippen LogP contribution in [-0.4, -0.2) is 6.04 Å². The number of nitrogens with two attached hydrogens (primary N) is 2. The van der Waals surface area contributed by atoms with Gasteiger partial charge in [-0.05, 0) is 36.3 Å². The zero-order valence-electron chi connectivity index (χ0n) is 9.16. The van der Waals surface area contributed by atoms with Gasteiger partial charge >= 0.3 is 0 Å².